The summed E-state index contributed by atoms with van der Waals surface area (Å²) in [5.41, 5.74) is 2.27. The molecule has 2 amide bonds. The summed E-state index contributed by atoms with van der Waals surface area (Å²) in [5, 5.41) is 38.6. The number of rotatable bonds is 13. The van der Waals surface area contributed by atoms with Crippen LogP contribution >= 0.6 is 0 Å². The van der Waals surface area contributed by atoms with Gasteiger partial charge in [-0.1, -0.05) is 63.1 Å². The van der Waals surface area contributed by atoms with Crippen molar-refractivity contribution < 1.29 is 19.8 Å². The molecule has 2 N–H and O–H groups in total. The summed E-state index contributed by atoms with van der Waals surface area (Å²) < 4.78 is 3.58. The number of unbranched alkanes of at least 4 members (excludes halogenated alkanes) is 3. The Kier molecular flexibility index (Phi) is 9.77. The molecule has 2 heterocycles. The average molecular weight is 545 g/mol. The summed E-state index contributed by atoms with van der Waals surface area (Å²) in [6.45, 7) is 5.46. The molecule has 0 saturated heterocycles. The summed E-state index contributed by atoms with van der Waals surface area (Å²) in [6.07, 6.45) is 4.89. The number of aryl methyl sites for hydroxylation is 2. The van der Waals surface area contributed by atoms with Crippen LogP contribution in [0.25, 0.3) is 21.8 Å². The van der Waals surface area contributed by atoms with Crippen molar-refractivity contribution in [2.24, 2.45) is 20.5 Å². The molecule has 0 saturated carbocycles. The second-order valence-electron chi connectivity index (χ2n) is 9.78. The first-order valence-corrected chi connectivity index (χ1v) is 14.0. The third-order valence-electron chi connectivity index (χ3n) is 6.86. The van der Waals surface area contributed by atoms with Gasteiger partial charge in [0, 0.05) is 36.7 Å². The van der Waals surface area contributed by atoms with E-state index < -0.39 is 11.8 Å². The summed E-state index contributed by atoms with van der Waals surface area (Å²) in [4.78, 5) is 24.7. The second kappa shape index (κ2) is 13.6. The van der Waals surface area contributed by atoms with Gasteiger partial charge in [0.2, 0.25) is 11.8 Å². The van der Waals surface area contributed by atoms with Gasteiger partial charge in [0.1, 0.15) is 0 Å². The minimum Gasteiger partial charge on any atom is -0.493 e. The van der Waals surface area contributed by atoms with E-state index in [4.69, 9.17) is 0 Å². The Labute approximate surface area is 233 Å². The Balaban J connectivity index is 1.31. The van der Waals surface area contributed by atoms with E-state index in [1.807, 2.05) is 48.5 Å². The van der Waals surface area contributed by atoms with Crippen molar-refractivity contribution in [2.45, 2.75) is 78.3 Å². The molecule has 210 valence electrons. The lowest BCUT2D eigenvalue weighted by molar-refractivity contribution is -0.120. The number of para-hydroxylation sites is 2. The minimum absolute atomic E-state index is 0.00156. The maximum atomic E-state index is 12.3. The lowest BCUT2D eigenvalue weighted by Crippen LogP contribution is -1.96. The predicted molar refractivity (Wildman–Crippen MR) is 155 cm³/mol. The van der Waals surface area contributed by atoms with E-state index in [1.165, 1.54) is 0 Å². The fraction of sp³-hybridized carbons (Fsp3) is 0.400. The fourth-order valence-corrected chi connectivity index (χ4v) is 4.69. The van der Waals surface area contributed by atoms with Crippen molar-refractivity contribution >= 4 is 45.0 Å². The SMILES string of the molecule is CCCCn1c(O)c(N=NC(=O)CCCCC(=O)N=Nc2c(O)n(CCCC)c3ccccc23)c2ccccc21. The number of hydrogen-bond acceptors (Lipinski definition) is 6. The van der Waals surface area contributed by atoms with Gasteiger partial charge in [-0.15, -0.1) is 20.5 Å². The standard InChI is InChI=1S/C30H36N6O4/c1-3-5-19-35-23-15-9-7-13-21(23)27(29(35)39)33-31-25(37)17-11-12-18-26(38)32-34-28-22-14-8-10-16-24(22)36(30(28)40)20-6-4-2/h7-10,13-16,39-40H,3-6,11-12,17-20H2,1-2H3. The molecular weight excluding hydrogens is 508 g/mol. The smallest absolute Gasteiger partial charge is 0.264 e. The predicted octanol–water partition coefficient (Wildman–Crippen LogP) is 8.09. The highest BCUT2D eigenvalue weighted by atomic mass is 16.3. The van der Waals surface area contributed by atoms with E-state index in [9.17, 15) is 19.8 Å². The summed E-state index contributed by atoms with van der Waals surface area (Å²) in [6, 6.07) is 15.0. The lowest BCUT2D eigenvalue weighted by atomic mass is 10.2. The molecule has 0 unspecified atom stereocenters. The molecule has 10 heteroatoms. The highest BCUT2D eigenvalue weighted by molar-refractivity contribution is 5.96. The third-order valence-corrected chi connectivity index (χ3v) is 6.86. The Morgan fingerprint density at radius 3 is 1.45 bits per heavy atom. The number of fused-ring (bicyclic) bond motifs is 2. The highest BCUT2D eigenvalue weighted by Crippen LogP contribution is 2.40. The Morgan fingerprint density at radius 2 is 1.05 bits per heavy atom. The zero-order valence-corrected chi connectivity index (χ0v) is 23.1. The van der Waals surface area contributed by atoms with Crippen molar-refractivity contribution in [2.75, 3.05) is 0 Å². The molecular formula is C30H36N6O4. The van der Waals surface area contributed by atoms with E-state index in [0.29, 0.717) is 25.9 Å². The number of aromatic nitrogens is 2. The van der Waals surface area contributed by atoms with E-state index >= 15 is 0 Å². The molecule has 0 bridgehead atoms. The van der Waals surface area contributed by atoms with Crippen molar-refractivity contribution in [3.8, 4) is 11.8 Å². The summed E-state index contributed by atoms with van der Waals surface area (Å²) in [5.74, 6) is -0.851. The number of azo groups is 2. The summed E-state index contributed by atoms with van der Waals surface area (Å²) >= 11 is 0. The van der Waals surface area contributed by atoms with Gasteiger partial charge in [-0.2, -0.15) is 0 Å². The van der Waals surface area contributed by atoms with Gasteiger partial charge in [0.25, 0.3) is 11.8 Å². The van der Waals surface area contributed by atoms with Crippen LogP contribution < -0.4 is 0 Å². The third kappa shape index (κ3) is 6.44. The molecule has 4 rings (SSSR count). The van der Waals surface area contributed by atoms with Crippen LogP contribution in [-0.2, 0) is 22.7 Å². The fourth-order valence-electron chi connectivity index (χ4n) is 4.69. The number of amides is 2. The van der Waals surface area contributed by atoms with Gasteiger partial charge in [-0.25, -0.2) is 0 Å². The van der Waals surface area contributed by atoms with Crippen LogP contribution in [0.2, 0.25) is 0 Å². The van der Waals surface area contributed by atoms with E-state index in [0.717, 1.165) is 47.5 Å². The monoisotopic (exact) mass is 544 g/mol. The Bertz CT molecular complexity index is 1430. The second-order valence-corrected chi connectivity index (χ2v) is 9.78. The quantitative estimate of drug-likeness (QED) is 0.130. The zero-order chi connectivity index (χ0) is 28.5. The van der Waals surface area contributed by atoms with Crippen LogP contribution in [0.15, 0.2) is 69.0 Å². The first-order valence-electron chi connectivity index (χ1n) is 14.0. The molecule has 2 aromatic carbocycles. The summed E-state index contributed by atoms with van der Waals surface area (Å²) in [7, 11) is 0. The van der Waals surface area contributed by atoms with Crippen LogP contribution in [0.4, 0.5) is 11.4 Å². The number of benzene rings is 2. The molecule has 0 aliphatic carbocycles. The minimum atomic E-state index is -0.427. The number of carbonyl (C=O) groups excluding carboxylic acids is 2. The lowest BCUT2D eigenvalue weighted by Gasteiger charge is -2.05. The molecule has 0 fully saturated rings. The maximum absolute atomic E-state index is 12.3. The van der Waals surface area contributed by atoms with Gasteiger partial charge < -0.3 is 19.3 Å². The van der Waals surface area contributed by atoms with Gasteiger partial charge >= 0.3 is 0 Å². The molecule has 40 heavy (non-hydrogen) atoms. The molecule has 2 aromatic heterocycles. The highest BCUT2D eigenvalue weighted by Gasteiger charge is 2.17. The number of nitrogens with zero attached hydrogens (tertiary/aromatic N) is 6. The van der Waals surface area contributed by atoms with Crippen LogP contribution in [0.5, 0.6) is 11.8 Å². The van der Waals surface area contributed by atoms with Crippen molar-refractivity contribution in [1.29, 1.82) is 0 Å². The molecule has 0 aliphatic rings. The van der Waals surface area contributed by atoms with Gasteiger partial charge in [0.15, 0.2) is 11.4 Å². The average Bonchev–Trinajstić information content (AvgIpc) is 3.39. The van der Waals surface area contributed by atoms with Crippen LogP contribution in [-0.4, -0.2) is 31.2 Å². The van der Waals surface area contributed by atoms with Crippen LogP contribution in [0, 0.1) is 0 Å². The van der Waals surface area contributed by atoms with E-state index in [-0.39, 0.29) is 36.0 Å². The normalized spacial score (nSPS) is 11.9. The Hall–Kier alpha value is -4.34. The number of hydrogen-bond donors (Lipinski definition) is 2. The molecule has 0 aliphatic heterocycles. The largest absolute Gasteiger partial charge is 0.493 e. The Morgan fingerprint density at radius 1 is 0.650 bits per heavy atom. The maximum Gasteiger partial charge on any atom is 0.264 e. The number of carbonyl (C=O) groups is 2. The molecule has 0 atom stereocenters. The molecule has 0 spiro atoms. The van der Waals surface area contributed by atoms with Gasteiger partial charge in [-0.05, 0) is 37.8 Å². The van der Waals surface area contributed by atoms with Crippen LogP contribution in [0.3, 0.4) is 0 Å². The van der Waals surface area contributed by atoms with Gasteiger partial charge in [0.05, 0.1) is 11.0 Å². The molecule has 4 aromatic rings. The van der Waals surface area contributed by atoms with Crippen molar-refractivity contribution in [3.05, 3.63) is 48.5 Å². The zero-order valence-electron chi connectivity index (χ0n) is 23.1. The van der Waals surface area contributed by atoms with E-state index in [1.54, 1.807) is 9.13 Å². The number of aromatic hydroxyl groups is 2. The first kappa shape index (κ1) is 28.7. The van der Waals surface area contributed by atoms with Crippen molar-refractivity contribution in [3.63, 3.8) is 0 Å². The van der Waals surface area contributed by atoms with Crippen LogP contribution in [0.1, 0.15) is 65.2 Å². The molecule has 10 nitrogen and oxygen atoms in total. The van der Waals surface area contributed by atoms with E-state index in [2.05, 4.69) is 34.3 Å². The van der Waals surface area contributed by atoms with Gasteiger partial charge in [-0.3, -0.25) is 9.59 Å². The topological polar surface area (TPSA) is 134 Å². The van der Waals surface area contributed by atoms with Crippen molar-refractivity contribution in [1.82, 2.24) is 9.13 Å². The first-order chi connectivity index (χ1) is 19.5. The molecule has 0 radical (unpaired) electrons.